The van der Waals surface area contributed by atoms with E-state index in [4.69, 9.17) is 0 Å². The summed E-state index contributed by atoms with van der Waals surface area (Å²) in [7, 11) is 0. The minimum atomic E-state index is 0.552. The third-order valence-corrected chi connectivity index (χ3v) is 4.92. The van der Waals surface area contributed by atoms with Crippen molar-refractivity contribution < 1.29 is 0 Å². The Bertz CT molecular complexity index is 284. The molecule has 2 aliphatic rings. The van der Waals surface area contributed by atoms with Crippen LogP contribution in [0.1, 0.15) is 65.7 Å². The first-order chi connectivity index (χ1) is 8.66. The summed E-state index contributed by atoms with van der Waals surface area (Å²) in [5, 5.41) is 3.73. The number of nitrogens with one attached hydrogen (secondary N) is 1. The summed E-state index contributed by atoms with van der Waals surface area (Å²) >= 11 is 0. The van der Waals surface area contributed by atoms with Crippen LogP contribution >= 0.6 is 0 Å². The Balaban J connectivity index is 1.94. The van der Waals surface area contributed by atoms with Gasteiger partial charge in [0.15, 0.2) is 0 Å². The maximum Gasteiger partial charge on any atom is 0.00455 e. The van der Waals surface area contributed by atoms with E-state index >= 15 is 0 Å². The van der Waals surface area contributed by atoms with Crippen LogP contribution in [0, 0.1) is 17.3 Å². The van der Waals surface area contributed by atoms with Crippen LogP contribution in [-0.2, 0) is 0 Å². The molecule has 0 radical (unpaired) electrons. The Kier molecular flexibility index (Phi) is 4.89. The van der Waals surface area contributed by atoms with Gasteiger partial charge in [-0.05, 0) is 56.9 Å². The van der Waals surface area contributed by atoms with Gasteiger partial charge in [-0.15, -0.1) is 0 Å². The highest BCUT2D eigenvalue weighted by molar-refractivity contribution is 5.22. The van der Waals surface area contributed by atoms with Crippen molar-refractivity contribution in [2.24, 2.45) is 17.3 Å². The van der Waals surface area contributed by atoms with Gasteiger partial charge in [-0.1, -0.05) is 38.8 Å². The Morgan fingerprint density at radius 1 is 1.33 bits per heavy atom. The minimum absolute atomic E-state index is 0.552. The smallest absolute Gasteiger partial charge is 0.00455 e. The molecule has 104 valence electrons. The van der Waals surface area contributed by atoms with Crippen LogP contribution in [0.5, 0.6) is 0 Å². The Morgan fingerprint density at radius 3 is 2.67 bits per heavy atom. The van der Waals surface area contributed by atoms with Crippen LogP contribution in [0.3, 0.4) is 0 Å². The molecule has 1 nitrogen and oxygen atoms in total. The Morgan fingerprint density at radius 2 is 2.11 bits per heavy atom. The fourth-order valence-electron chi connectivity index (χ4n) is 3.77. The molecule has 1 saturated carbocycles. The van der Waals surface area contributed by atoms with E-state index in [1.807, 2.05) is 0 Å². The Hall–Kier alpha value is -0.300. The standard InChI is InChI=1S/C17H31N/c1-4-15-10-17(11-15,13-18-12-14(2)3)16-8-6-5-7-9-16/h8,14-15,18H,4-7,9-13H2,1-3H3. The van der Waals surface area contributed by atoms with Crippen LogP contribution in [-0.4, -0.2) is 13.1 Å². The van der Waals surface area contributed by atoms with Crippen molar-refractivity contribution in [1.29, 1.82) is 0 Å². The van der Waals surface area contributed by atoms with Gasteiger partial charge in [0.1, 0.15) is 0 Å². The first kappa shape index (κ1) is 14.1. The predicted octanol–water partition coefficient (Wildman–Crippen LogP) is 4.54. The fourth-order valence-corrected chi connectivity index (χ4v) is 3.77. The summed E-state index contributed by atoms with van der Waals surface area (Å²) in [5.74, 6) is 1.76. The third kappa shape index (κ3) is 3.17. The molecule has 0 aromatic rings. The molecule has 1 heteroatoms. The van der Waals surface area contributed by atoms with E-state index in [1.54, 1.807) is 5.57 Å². The number of hydrogen-bond donors (Lipinski definition) is 1. The average molecular weight is 249 g/mol. The monoisotopic (exact) mass is 249 g/mol. The van der Waals surface area contributed by atoms with E-state index in [2.05, 4.69) is 32.2 Å². The van der Waals surface area contributed by atoms with E-state index in [0.717, 1.165) is 11.8 Å². The molecule has 0 saturated heterocycles. The van der Waals surface area contributed by atoms with Crippen molar-refractivity contribution in [3.05, 3.63) is 11.6 Å². The van der Waals surface area contributed by atoms with Crippen molar-refractivity contribution in [2.75, 3.05) is 13.1 Å². The first-order valence-corrected chi connectivity index (χ1v) is 8.06. The normalized spacial score (nSPS) is 32.2. The minimum Gasteiger partial charge on any atom is -0.316 e. The second-order valence-electron chi connectivity index (χ2n) is 6.96. The van der Waals surface area contributed by atoms with Gasteiger partial charge in [-0.25, -0.2) is 0 Å². The molecule has 0 unspecified atom stereocenters. The molecular formula is C17H31N. The molecule has 2 rings (SSSR count). The van der Waals surface area contributed by atoms with Crippen LogP contribution in [0.25, 0.3) is 0 Å². The third-order valence-electron chi connectivity index (χ3n) is 4.92. The Labute approximate surface area is 113 Å². The quantitative estimate of drug-likeness (QED) is 0.682. The molecule has 0 atom stereocenters. The fraction of sp³-hybridized carbons (Fsp3) is 0.882. The van der Waals surface area contributed by atoms with E-state index in [1.165, 1.54) is 58.0 Å². The molecule has 0 heterocycles. The molecule has 0 aromatic carbocycles. The van der Waals surface area contributed by atoms with Crippen LogP contribution in [0.15, 0.2) is 11.6 Å². The average Bonchev–Trinajstić information content (AvgIpc) is 2.33. The molecule has 1 N–H and O–H groups in total. The SMILES string of the molecule is CCC1CC(CNCC(C)C)(C2=CCCCC2)C1. The highest BCUT2D eigenvalue weighted by Gasteiger charge is 2.45. The lowest BCUT2D eigenvalue weighted by Gasteiger charge is -2.50. The van der Waals surface area contributed by atoms with Crippen molar-refractivity contribution in [1.82, 2.24) is 5.32 Å². The zero-order valence-corrected chi connectivity index (χ0v) is 12.6. The van der Waals surface area contributed by atoms with Gasteiger partial charge in [0, 0.05) is 12.0 Å². The summed E-state index contributed by atoms with van der Waals surface area (Å²) in [6.45, 7) is 9.36. The van der Waals surface area contributed by atoms with Gasteiger partial charge in [0.25, 0.3) is 0 Å². The summed E-state index contributed by atoms with van der Waals surface area (Å²) in [4.78, 5) is 0. The molecule has 18 heavy (non-hydrogen) atoms. The van der Waals surface area contributed by atoms with Crippen molar-refractivity contribution in [3.8, 4) is 0 Å². The van der Waals surface area contributed by atoms with Crippen molar-refractivity contribution in [2.45, 2.75) is 65.7 Å². The maximum absolute atomic E-state index is 3.73. The summed E-state index contributed by atoms with van der Waals surface area (Å²) in [5.41, 5.74) is 2.35. The van der Waals surface area contributed by atoms with Crippen LogP contribution in [0.2, 0.25) is 0 Å². The largest absolute Gasteiger partial charge is 0.316 e. The van der Waals surface area contributed by atoms with Crippen LogP contribution < -0.4 is 5.32 Å². The molecule has 0 spiro atoms. The number of rotatable bonds is 6. The predicted molar refractivity (Wildman–Crippen MR) is 79.7 cm³/mol. The van der Waals surface area contributed by atoms with E-state index < -0.39 is 0 Å². The number of hydrogen-bond acceptors (Lipinski definition) is 1. The van der Waals surface area contributed by atoms with Gasteiger partial charge in [-0.2, -0.15) is 0 Å². The number of allylic oxidation sites excluding steroid dienone is 1. The lowest BCUT2D eigenvalue weighted by atomic mass is 9.56. The van der Waals surface area contributed by atoms with Gasteiger partial charge in [-0.3, -0.25) is 0 Å². The zero-order valence-electron chi connectivity index (χ0n) is 12.6. The second-order valence-corrected chi connectivity index (χ2v) is 6.96. The van der Waals surface area contributed by atoms with Crippen LogP contribution in [0.4, 0.5) is 0 Å². The lowest BCUT2D eigenvalue weighted by Crippen LogP contribution is -2.47. The maximum atomic E-state index is 3.73. The summed E-state index contributed by atoms with van der Waals surface area (Å²) in [6, 6.07) is 0. The zero-order chi connectivity index (χ0) is 13.0. The van der Waals surface area contributed by atoms with Gasteiger partial charge < -0.3 is 5.32 Å². The highest BCUT2D eigenvalue weighted by Crippen LogP contribution is 2.53. The second kappa shape index (κ2) is 6.23. The van der Waals surface area contributed by atoms with Crippen molar-refractivity contribution in [3.63, 3.8) is 0 Å². The van der Waals surface area contributed by atoms with Gasteiger partial charge in [0.2, 0.25) is 0 Å². The lowest BCUT2D eigenvalue weighted by molar-refractivity contribution is 0.0839. The van der Waals surface area contributed by atoms with E-state index in [9.17, 15) is 0 Å². The highest BCUT2D eigenvalue weighted by atomic mass is 14.9. The molecule has 0 amide bonds. The molecule has 0 bridgehead atoms. The van der Waals surface area contributed by atoms with E-state index in [0.29, 0.717) is 5.41 Å². The summed E-state index contributed by atoms with van der Waals surface area (Å²) in [6.07, 6.45) is 12.4. The van der Waals surface area contributed by atoms with Crippen molar-refractivity contribution >= 4 is 0 Å². The molecule has 1 fully saturated rings. The molecule has 0 aromatic heterocycles. The molecule has 0 aliphatic heterocycles. The first-order valence-electron chi connectivity index (χ1n) is 8.06. The van der Waals surface area contributed by atoms with Gasteiger partial charge >= 0.3 is 0 Å². The van der Waals surface area contributed by atoms with E-state index in [-0.39, 0.29) is 0 Å². The topological polar surface area (TPSA) is 12.0 Å². The molecular weight excluding hydrogens is 218 g/mol. The van der Waals surface area contributed by atoms with Gasteiger partial charge in [0.05, 0.1) is 0 Å². The summed E-state index contributed by atoms with van der Waals surface area (Å²) < 4.78 is 0. The molecule has 2 aliphatic carbocycles.